The fraction of sp³-hybridized carbons (Fsp3) is 0.450. The summed E-state index contributed by atoms with van der Waals surface area (Å²) < 4.78 is 5.43. The molecule has 0 unspecified atom stereocenters. The van der Waals surface area contributed by atoms with Gasteiger partial charge in [-0.2, -0.15) is 0 Å². The van der Waals surface area contributed by atoms with E-state index < -0.39 is 0 Å². The van der Waals surface area contributed by atoms with Gasteiger partial charge < -0.3 is 9.64 Å². The van der Waals surface area contributed by atoms with Crippen LogP contribution in [-0.2, 0) is 16.0 Å². The molecule has 0 atom stereocenters. The number of amides is 1. The number of ether oxygens (including phenoxy) is 1. The predicted molar refractivity (Wildman–Crippen MR) is 101 cm³/mol. The molecule has 0 bridgehead atoms. The summed E-state index contributed by atoms with van der Waals surface area (Å²) in [5.74, 6) is -0.164. The van der Waals surface area contributed by atoms with Gasteiger partial charge in [0.05, 0.1) is 17.4 Å². The molecule has 138 valence electrons. The minimum atomic E-state index is -0.134. The first-order chi connectivity index (χ1) is 12.6. The molecule has 0 radical (unpaired) electrons. The van der Waals surface area contributed by atoms with Gasteiger partial charge >= 0.3 is 5.97 Å². The minimum Gasteiger partial charge on any atom is -0.465 e. The van der Waals surface area contributed by atoms with Crippen LogP contribution in [0.2, 0.25) is 0 Å². The van der Waals surface area contributed by atoms with Crippen molar-refractivity contribution in [1.82, 2.24) is 9.88 Å². The van der Waals surface area contributed by atoms with Gasteiger partial charge in [0.2, 0.25) is 0 Å². The first-order valence-electron chi connectivity index (χ1n) is 9.05. The van der Waals surface area contributed by atoms with Crippen LogP contribution in [-0.4, -0.2) is 41.5 Å². The Morgan fingerprint density at radius 2 is 2.04 bits per heavy atom. The molecule has 0 saturated carbocycles. The van der Waals surface area contributed by atoms with Crippen molar-refractivity contribution in [2.75, 3.05) is 19.7 Å². The van der Waals surface area contributed by atoms with Crippen molar-refractivity contribution in [3.8, 4) is 0 Å². The number of carbonyl (C=O) groups is 2. The fourth-order valence-electron chi connectivity index (χ4n) is 3.16. The molecule has 1 amide bonds. The lowest BCUT2D eigenvalue weighted by Crippen LogP contribution is -2.40. The summed E-state index contributed by atoms with van der Waals surface area (Å²) in [5.41, 5.74) is 2.03. The van der Waals surface area contributed by atoms with Crippen molar-refractivity contribution >= 4 is 23.2 Å². The van der Waals surface area contributed by atoms with E-state index in [1.165, 1.54) is 11.3 Å². The van der Waals surface area contributed by atoms with Crippen LogP contribution in [0, 0.1) is 12.8 Å². The Labute approximate surface area is 158 Å². The second-order valence-corrected chi connectivity index (χ2v) is 7.53. The van der Waals surface area contributed by atoms with Gasteiger partial charge in [-0.15, -0.1) is 11.3 Å². The predicted octanol–water partition coefficient (Wildman–Crippen LogP) is 3.48. The summed E-state index contributed by atoms with van der Waals surface area (Å²) in [6, 6.07) is 9.69. The minimum absolute atomic E-state index is 0.0671. The number of likely N-dealkylation sites (tertiary alicyclic amines) is 1. The Kier molecular flexibility index (Phi) is 6.39. The van der Waals surface area contributed by atoms with E-state index in [1.807, 2.05) is 47.5 Å². The van der Waals surface area contributed by atoms with Gasteiger partial charge in [-0.3, -0.25) is 14.6 Å². The zero-order valence-corrected chi connectivity index (χ0v) is 15.8. The van der Waals surface area contributed by atoms with E-state index >= 15 is 0 Å². The Morgan fingerprint density at radius 1 is 1.23 bits per heavy atom. The smallest absolute Gasteiger partial charge is 0.309 e. The number of hydrogen-bond acceptors (Lipinski definition) is 5. The molecule has 3 rings (SSSR count). The maximum absolute atomic E-state index is 12.3. The molecule has 3 heterocycles. The van der Waals surface area contributed by atoms with Crippen LogP contribution < -0.4 is 0 Å². The van der Waals surface area contributed by atoms with E-state index in [9.17, 15) is 9.59 Å². The van der Waals surface area contributed by atoms with Crippen molar-refractivity contribution in [3.05, 3.63) is 52.0 Å². The standard InChI is InChI=1S/C20H24N2O3S/c1-15-5-2-6-17(21-15)7-3-13-25-20(24)16-9-11-22(12-10-16)19(23)18-8-4-14-26-18/h2,4-6,8,14,16H,3,7,9-13H2,1H3. The lowest BCUT2D eigenvalue weighted by atomic mass is 9.97. The highest BCUT2D eigenvalue weighted by Gasteiger charge is 2.29. The highest BCUT2D eigenvalue weighted by molar-refractivity contribution is 7.12. The van der Waals surface area contributed by atoms with Crippen LogP contribution in [0.1, 0.15) is 40.3 Å². The second kappa shape index (κ2) is 8.94. The SMILES string of the molecule is Cc1cccc(CCCOC(=O)C2CCN(C(=O)c3cccs3)CC2)n1. The molecule has 0 aromatic carbocycles. The van der Waals surface area contributed by atoms with Crippen molar-refractivity contribution < 1.29 is 14.3 Å². The molecule has 0 N–H and O–H groups in total. The first kappa shape index (κ1) is 18.6. The monoisotopic (exact) mass is 372 g/mol. The molecule has 26 heavy (non-hydrogen) atoms. The van der Waals surface area contributed by atoms with Gasteiger partial charge in [0.1, 0.15) is 0 Å². The Morgan fingerprint density at radius 3 is 2.73 bits per heavy atom. The van der Waals surface area contributed by atoms with Crippen LogP contribution in [0.15, 0.2) is 35.7 Å². The van der Waals surface area contributed by atoms with Gasteiger partial charge in [0.25, 0.3) is 5.91 Å². The molecule has 5 nitrogen and oxygen atoms in total. The molecule has 0 aliphatic carbocycles. The van der Waals surface area contributed by atoms with Crippen LogP contribution in [0.25, 0.3) is 0 Å². The van der Waals surface area contributed by atoms with E-state index in [2.05, 4.69) is 4.98 Å². The number of nitrogens with zero attached hydrogens (tertiary/aromatic N) is 2. The number of aryl methyl sites for hydroxylation is 2. The van der Waals surface area contributed by atoms with Crippen LogP contribution in [0.3, 0.4) is 0 Å². The summed E-state index contributed by atoms with van der Waals surface area (Å²) in [6.45, 7) is 3.62. The Balaban J connectivity index is 1.36. The number of aromatic nitrogens is 1. The zero-order valence-electron chi connectivity index (χ0n) is 15.0. The highest BCUT2D eigenvalue weighted by Crippen LogP contribution is 2.22. The van der Waals surface area contributed by atoms with Gasteiger partial charge in [-0.1, -0.05) is 12.1 Å². The number of hydrogen-bond donors (Lipinski definition) is 0. The zero-order chi connectivity index (χ0) is 18.4. The number of esters is 1. The van der Waals surface area contributed by atoms with Crippen LogP contribution in [0.5, 0.6) is 0 Å². The maximum Gasteiger partial charge on any atom is 0.309 e. The topological polar surface area (TPSA) is 59.5 Å². The van der Waals surface area contributed by atoms with E-state index in [0.717, 1.165) is 29.1 Å². The van der Waals surface area contributed by atoms with Crippen LogP contribution >= 0.6 is 11.3 Å². The van der Waals surface area contributed by atoms with E-state index in [0.29, 0.717) is 32.5 Å². The third-order valence-electron chi connectivity index (χ3n) is 4.62. The number of pyridine rings is 1. The summed E-state index contributed by atoms with van der Waals surface area (Å²) >= 11 is 1.46. The van der Waals surface area contributed by atoms with E-state index in [1.54, 1.807) is 0 Å². The Hall–Kier alpha value is -2.21. The molecule has 1 saturated heterocycles. The Bertz CT molecular complexity index is 737. The van der Waals surface area contributed by atoms with Crippen molar-refractivity contribution in [1.29, 1.82) is 0 Å². The number of piperidine rings is 1. The number of carbonyl (C=O) groups excluding carboxylic acids is 2. The molecule has 6 heteroatoms. The van der Waals surface area contributed by atoms with Gasteiger partial charge in [0.15, 0.2) is 0 Å². The fourth-order valence-corrected chi connectivity index (χ4v) is 3.85. The summed E-state index contributed by atoms with van der Waals surface area (Å²) in [6.07, 6.45) is 2.94. The molecule has 1 aliphatic rings. The molecular weight excluding hydrogens is 348 g/mol. The van der Waals surface area contributed by atoms with Gasteiger partial charge in [0, 0.05) is 24.5 Å². The number of thiophene rings is 1. The average molecular weight is 372 g/mol. The molecular formula is C20H24N2O3S. The van der Waals surface area contributed by atoms with E-state index in [-0.39, 0.29) is 17.8 Å². The molecule has 1 aliphatic heterocycles. The molecule has 0 spiro atoms. The van der Waals surface area contributed by atoms with Crippen molar-refractivity contribution in [2.24, 2.45) is 5.92 Å². The largest absolute Gasteiger partial charge is 0.465 e. The molecule has 2 aromatic rings. The third kappa shape index (κ3) is 4.91. The second-order valence-electron chi connectivity index (χ2n) is 6.59. The summed E-state index contributed by atoms with van der Waals surface area (Å²) in [7, 11) is 0. The van der Waals surface area contributed by atoms with Crippen molar-refractivity contribution in [3.63, 3.8) is 0 Å². The normalized spacial score (nSPS) is 15.0. The summed E-state index contributed by atoms with van der Waals surface area (Å²) in [4.78, 5) is 31.6. The maximum atomic E-state index is 12.3. The molecule has 2 aromatic heterocycles. The lowest BCUT2D eigenvalue weighted by molar-refractivity contribution is -0.150. The summed E-state index contributed by atoms with van der Waals surface area (Å²) in [5, 5.41) is 1.91. The highest BCUT2D eigenvalue weighted by atomic mass is 32.1. The average Bonchev–Trinajstić information content (AvgIpc) is 3.19. The van der Waals surface area contributed by atoms with Crippen molar-refractivity contribution in [2.45, 2.75) is 32.6 Å². The first-order valence-corrected chi connectivity index (χ1v) is 9.93. The quantitative estimate of drug-likeness (QED) is 0.575. The van der Waals surface area contributed by atoms with Gasteiger partial charge in [-0.05, 0) is 56.2 Å². The lowest BCUT2D eigenvalue weighted by Gasteiger charge is -2.30. The molecule has 1 fully saturated rings. The number of rotatable bonds is 6. The van der Waals surface area contributed by atoms with Gasteiger partial charge in [-0.25, -0.2) is 0 Å². The third-order valence-corrected chi connectivity index (χ3v) is 5.47. The van der Waals surface area contributed by atoms with Crippen LogP contribution in [0.4, 0.5) is 0 Å². The van der Waals surface area contributed by atoms with E-state index in [4.69, 9.17) is 4.74 Å².